The van der Waals surface area contributed by atoms with Gasteiger partial charge in [0, 0.05) is 13.1 Å². The van der Waals surface area contributed by atoms with Gasteiger partial charge in [0.1, 0.15) is 6.04 Å². The molecule has 0 aromatic heterocycles. The maximum absolute atomic E-state index is 12.3. The summed E-state index contributed by atoms with van der Waals surface area (Å²) in [5.74, 6) is -0.985. The molecule has 1 heterocycles. The van der Waals surface area contributed by atoms with Crippen LogP contribution in [0.3, 0.4) is 0 Å². The molecule has 106 valence electrons. The number of imide groups is 1. The number of amides is 3. The van der Waals surface area contributed by atoms with Crippen molar-refractivity contribution in [1.82, 2.24) is 9.80 Å². The minimum Gasteiger partial charge on any atom is -0.341 e. The van der Waals surface area contributed by atoms with Gasteiger partial charge in [0.05, 0.1) is 11.1 Å². The van der Waals surface area contributed by atoms with Crippen LogP contribution in [-0.2, 0) is 4.79 Å². The summed E-state index contributed by atoms with van der Waals surface area (Å²) in [4.78, 5) is 39.6. The Morgan fingerprint density at radius 3 is 1.95 bits per heavy atom. The van der Waals surface area contributed by atoms with E-state index in [0.29, 0.717) is 24.2 Å². The molecule has 0 saturated carbocycles. The summed E-state index contributed by atoms with van der Waals surface area (Å²) in [7, 11) is 0. The van der Waals surface area contributed by atoms with Gasteiger partial charge in [-0.3, -0.25) is 19.3 Å². The van der Waals surface area contributed by atoms with Crippen molar-refractivity contribution >= 4 is 17.7 Å². The van der Waals surface area contributed by atoms with Crippen LogP contribution in [0.4, 0.5) is 0 Å². The lowest BCUT2D eigenvalue weighted by Crippen LogP contribution is -2.49. The second-order valence-electron chi connectivity index (χ2n) is 4.71. The van der Waals surface area contributed by atoms with E-state index in [-0.39, 0.29) is 5.91 Å². The number of benzene rings is 1. The molecule has 5 heteroatoms. The first-order valence-corrected chi connectivity index (χ1v) is 6.78. The molecule has 20 heavy (non-hydrogen) atoms. The number of rotatable bonds is 4. The van der Waals surface area contributed by atoms with Gasteiger partial charge in [0.2, 0.25) is 5.91 Å². The molecule has 0 saturated heterocycles. The average Bonchev–Trinajstić information content (AvgIpc) is 2.72. The highest BCUT2D eigenvalue weighted by atomic mass is 16.2. The van der Waals surface area contributed by atoms with Crippen LogP contribution in [0.5, 0.6) is 0 Å². The van der Waals surface area contributed by atoms with Gasteiger partial charge < -0.3 is 4.90 Å². The fourth-order valence-corrected chi connectivity index (χ4v) is 2.47. The van der Waals surface area contributed by atoms with Gasteiger partial charge in [-0.05, 0) is 32.9 Å². The van der Waals surface area contributed by atoms with Gasteiger partial charge in [-0.15, -0.1) is 0 Å². The number of likely N-dealkylation sites (N-methyl/N-ethyl adjacent to an activating group) is 1. The summed E-state index contributed by atoms with van der Waals surface area (Å²) in [6, 6.07) is 5.88. The van der Waals surface area contributed by atoms with E-state index in [0.717, 1.165) is 4.90 Å². The first-order valence-electron chi connectivity index (χ1n) is 6.78. The Morgan fingerprint density at radius 2 is 1.55 bits per heavy atom. The van der Waals surface area contributed by atoms with Crippen LogP contribution in [-0.4, -0.2) is 46.7 Å². The van der Waals surface area contributed by atoms with Gasteiger partial charge in [0.15, 0.2) is 0 Å². The van der Waals surface area contributed by atoms with Crippen molar-refractivity contribution in [3.05, 3.63) is 35.4 Å². The highest BCUT2D eigenvalue weighted by molar-refractivity contribution is 6.22. The van der Waals surface area contributed by atoms with E-state index in [1.54, 1.807) is 36.1 Å². The van der Waals surface area contributed by atoms with Crippen molar-refractivity contribution in [2.45, 2.75) is 26.8 Å². The van der Waals surface area contributed by atoms with Crippen molar-refractivity contribution in [1.29, 1.82) is 0 Å². The van der Waals surface area contributed by atoms with E-state index in [9.17, 15) is 14.4 Å². The third-order valence-electron chi connectivity index (χ3n) is 3.65. The maximum atomic E-state index is 12.3. The molecule has 1 aromatic rings. The largest absolute Gasteiger partial charge is 0.341 e. The molecule has 1 aromatic carbocycles. The van der Waals surface area contributed by atoms with E-state index < -0.39 is 17.9 Å². The zero-order chi connectivity index (χ0) is 14.9. The number of nitrogens with zero attached hydrogens (tertiary/aromatic N) is 2. The van der Waals surface area contributed by atoms with Gasteiger partial charge in [0.25, 0.3) is 11.8 Å². The second kappa shape index (κ2) is 5.45. The molecule has 0 bridgehead atoms. The quantitative estimate of drug-likeness (QED) is 0.783. The Balaban J connectivity index is 2.30. The highest BCUT2D eigenvalue weighted by Gasteiger charge is 2.41. The molecule has 2 rings (SSSR count). The van der Waals surface area contributed by atoms with Gasteiger partial charge in [-0.1, -0.05) is 12.1 Å². The van der Waals surface area contributed by atoms with Crippen LogP contribution in [0.25, 0.3) is 0 Å². The molecule has 0 N–H and O–H groups in total. The van der Waals surface area contributed by atoms with Crippen LogP contribution in [0.2, 0.25) is 0 Å². The summed E-state index contributed by atoms with van der Waals surface area (Å²) >= 11 is 0. The first kappa shape index (κ1) is 14.2. The minimum atomic E-state index is -0.776. The molecule has 0 spiro atoms. The zero-order valence-corrected chi connectivity index (χ0v) is 11.9. The Kier molecular flexibility index (Phi) is 3.88. The molecule has 5 nitrogen and oxygen atoms in total. The van der Waals surface area contributed by atoms with E-state index in [1.807, 2.05) is 13.8 Å². The molecule has 3 amide bonds. The summed E-state index contributed by atoms with van der Waals surface area (Å²) in [6.45, 7) is 6.46. The first-order chi connectivity index (χ1) is 9.52. The normalized spacial score (nSPS) is 15.2. The monoisotopic (exact) mass is 274 g/mol. The minimum absolute atomic E-state index is 0.204. The molecular formula is C15H18N2O3. The summed E-state index contributed by atoms with van der Waals surface area (Å²) in [5, 5.41) is 0. The predicted molar refractivity (Wildman–Crippen MR) is 74.3 cm³/mol. The topological polar surface area (TPSA) is 57.7 Å². The Labute approximate surface area is 118 Å². The van der Waals surface area contributed by atoms with Crippen molar-refractivity contribution in [3.63, 3.8) is 0 Å². The van der Waals surface area contributed by atoms with E-state index >= 15 is 0 Å². The molecule has 0 radical (unpaired) electrons. The molecule has 1 aliphatic heterocycles. The molecule has 0 fully saturated rings. The Bertz CT molecular complexity index is 529. The number of hydrogen-bond acceptors (Lipinski definition) is 3. The molecule has 0 aliphatic carbocycles. The van der Waals surface area contributed by atoms with E-state index in [1.165, 1.54) is 0 Å². The third-order valence-corrected chi connectivity index (χ3v) is 3.65. The van der Waals surface area contributed by atoms with E-state index in [2.05, 4.69) is 0 Å². The van der Waals surface area contributed by atoms with Crippen LogP contribution < -0.4 is 0 Å². The Hall–Kier alpha value is -2.17. The lowest BCUT2D eigenvalue weighted by atomic mass is 10.1. The predicted octanol–water partition coefficient (Wildman–Crippen LogP) is 1.54. The highest BCUT2D eigenvalue weighted by Crippen LogP contribution is 2.24. The standard InChI is InChI=1S/C15H18N2O3/c1-4-16(5-2)13(18)10(3)17-14(19)11-8-6-7-9-12(11)15(17)20/h6-10H,4-5H2,1-3H3. The third kappa shape index (κ3) is 2.09. The fourth-order valence-electron chi connectivity index (χ4n) is 2.47. The van der Waals surface area contributed by atoms with Gasteiger partial charge in [-0.2, -0.15) is 0 Å². The fraction of sp³-hybridized carbons (Fsp3) is 0.400. The SMILES string of the molecule is CCN(CC)C(=O)C(C)N1C(=O)c2ccccc2C1=O. The molecular weight excluding hydrogens is 256 g/mol. The number of hydrogen-bond donors (Lipinski definition) is 0. The summed E-state index contributed by atoms with van der Waals surface area (Å²) in [5.41, 5.74) is 0.744. The smallest absolute Gasteiger partial charge is 0.262 e. The van der Waals surface area contributed by atoms with Crippen LogP contribution in [0, 0.1) is 0 Å². The lowest BCUT2D eigenvalue weighted by Gasteiger charge is -2.27. The van der Waals surface area contributed by atoms with E-state index in [4.69, 9.17) is 0 Å². The lowest BCUT2D eigenvalue weighted by molar-refractivity contribution is -0.134. The number of carbonyl (C=O) groups is 3. The van der Waals surface area contributed by atoms with Gasteiger partial charge >= 0.3 is 0 Å². The number of carbonyl (C=O) groups excluding carboxylic acids is 3. The van der Waals surface area contributed by atoms with Crippen LogP contribution >= 0.6 is 0 Å². The molecule has 1 aliphatic rings. The summed E-state index contributed by atoms with van der Waals surface area (Å²) < 4.78 is 0. The van der Waals surface area contributed by atoms with Crippen molar-refractivity contribution < 1.29 is 14.4 Å². The maximum Gasteiger partial charge on any atom is 0.262 e. The zero-order valence-electron chi connectivity index (χ0n) is 11.9. The van der Waals surface area contributed by atoms with Crippen molar-refractivity contribution in [2.75, 3.05) is 13.1 Å². The van der Waals surface area contributed by atoms with Crippen LogP contribution in [0.1, 0.15) is 41.5 Å². The van der Waals surface area contributed by atoms with Gasteiger partial charge in [-0.25, -0.2) is 0 Å². The molecule has 1 atom stereocenters. The Morgan fingerprint density at radius 1 is 1.10 bits per heavy atom. The summed E-state index contributed by atoms with van der Waals surface area (Å²) in [6.07, 6.45) is 0. The van der Waals surface area contributed by atoms with Crippen molar-refractivity contribution in [2.24, 2.45) is 0 Å². The second-order valence-corrected chi connectivity index (χ2v) is 4.71. The molecule has 1 unspecified atom stereocenters. The average molecular weight is 274 g/mol. The number of fused-ring (bicyclic) bond motifs is 1. The van der Waals surface area contributed by atoms with Crippen LogP contribution in [0.15, 0.2) is 24.3 Å². The van der Waals surface area contributed by atoms with Crippen molar-refractivity contribution in [3.8, 4) is 0 Å².